The first kappa shape index (κ1) is 25.1. The Morgan fingerprint density at radius 3 is 2.36 bits per heavy atom. The number of hydrogen-bond donors (Lipinski definition) is 2. The lowest BCUT2D eigenvalue weighted by atomic mass is 9.96. The zero-order valence-corrected chi connectivity index (χ0v) is 21.5. The monoisotopic (exact) mass is 563 g/mol. The summed E-state index contributed by atoms with van der Waals surface area (Å²) in [5, 5.41) is 3.53. The van der Waals surface area contributed by atoms with Crippen molar-refractivity contribution in [1.29, 1.82) is 0 Å². The van der Waals surface area contributed by atoms with Crippen molar-refractivity contribution in [3.05, 3.63) is 54.2 Å². The number of piperazine rings is 1. The van der Waals surface area contributed by atoms with E-state index >= 15 is 0 Å². The number of benzene rings is 1. The van der Waals surface area contributed by atoms with Crippen LogP contribution in [0.2, 0.25) is 0 Å². The first-order valence-electron chi connectivity index (χ1n) is 11.4. The van der Waals surface area contributed by atoms with Crippen molar-refractivity contribution in [2.45, 2.75) is 19.4 Å². The van der Waals surface area contributed by atoms with Crippen molar-refractivity contribution >= 4 is 47.3 Å². The van der Waals surface area contributed by atoms with E-state index in [1.165, 1.54) is 5.69 Å². The van der Waals surface area contributed by atoms with Gasteiger partial charge in [0.1, 0.15) is 5.82 Å². The number of hydrogen-bond acceptors (Lipinski definition) is 5. The number of amides is 1. The number of pyridine rings is 1. The highest BCUT2D eigenvalue weighted by Crippen LogP contribution is 2.24. The van der Waals surface area contributed by atoms with Crippen LogP contribution in [0.1, 0.15) is 18.4 Å². The van der Waals surface area contributed by atoms with Crippen molar-refractivity contribution in [3.63, 3.8) is 0 Å². The smallest absolute Gasteiger partial charge is 0.220 e. The summed E-state index contributed by atoms with van der Waals surface area (Å²) in [4.78, 5) is 27.6. The number of rotatable bonds is 5. The third kappa shape index (κ3) is 6.27. The van der Waals surface area contributed by atoms with Crippen LogP contribution in [0.15, 0.2) is 53.7 Å². The second kappa shape index (κ2) is 12.1. The number of nitrogens with one attached hydrogen (secondary N) is 1. The van der Waals surface area contributed by atoms with E-state index in [1.54, 1.807) is 0 Å². The molecule has 2 aliphatic heterocycles. The van der Waals surface area contributed by atoms with Gasteiger partial charge in [-0.15, -0.1) is 24.0 Å². The Morgan fingerprint density at radius 1 is 1.03 bits per heavy atom. The maximum Gasteiger partial charge on any atom is 0.220 e. The van der Waals surface area contributed by atoms with Gasteiger partial charge in [-0.05, 0) is 31.0 Å². The molecule has 3 N–H and O–H groups in total. The summed E-state index contributed by atoms with van der Waals surface area (Å²) in [6.07, 6.45) is 3.40. The van der Waals surface area contributed by atoms with Crippen LogP contribution < -0.4 is 20.9 Å². The van der Waals surface area contributed by atoms with Crippen LogP contribution in [0.25, 0.3) is 0 Å². The van der Waals surface area contributed by atoms with Crippen molar-refractivity contribution in [2.75, 3.05) is 56.1 Å². The predicted molar refractivity (Wildman–Crippen MR) is 144 cm³/mol. The van der Waals surface area contributed by atoms with Gasteiger partial charge < -0.3 is 25.8 Å². The van der Waals surface area contributed by atoms with Crippen LogP contribution >= 0.6 is 24.0 Å². The van der Waals surface area contributed by atoms with E-state index in [9.17, 15) is 4.79 Å². The minimum atomic E-state index is -0.191. The van der Waals surface area contributed by atoms with E-state index < -0.39 is 0 Å². The van der Waals surface area contributed by atoms with E-state index in [2.05, 4.69) is 66.4 Å². The summed E-state index contributed by atoms with van der Waals surface area (Å²) >= 11 is 0. The lowest BCUT2D eigenvalue weighted by Gasteiger charge is -2.38. The molecule has 2 aliphatic rings. The average molecular weight is 563 g/mol. The second-order valence-corrected chi connectivity index (χ2v) is 8.36. The van der Waals surface area contributed by atoms with Crippen LogP contribution in [0.4, 0.5) is 11.5 Å². The number of nitrogens with zero attached hydrogens (tertiary/aromatic N) is 5. The van der Waals surface area contributed by atoms with Crippen molar-refractivity contribution in [1.82, 2.24) is 15.2 Å². The van der Waals surface area contributed by atoms with Gasteiger partial charge in [0.2, 0.25) is 5.91 Å². The lowest BCUT2D eigenvalue weighted by Crippen LogP contribution is -2.52. The quantitative estimate of drug-likeness (QED) is 0.330. The normalized spacial score (nSPS) is 17.5. The molecule has 2 fully saturated rings. The molecule has 1 aromatic carbocycles. The number of aliphatic imine (C=N–C) groups is 1. The van der Waals surface area contributed by atoms with Crippen LogP contribution in [0, 0.1) is 5.92 Å². The Balaban J connectivity index is 0.00000306. The van der Waals surface area contributed by atoms with E-state index in [1.807, 2.05) is 19.3 Å². The van der Waals surface area contributed by atoms with Crippen molar-refractivity contribution in [3.8, 4) is 0 Å². The molecule has 2 aromatic rings. The number of anilines is 2. The Labute approximate surface area is 213 Å². The van der Waals surface area contributed by atoms with Gasteiger partial charge in [-0.1, -0.05) is 24.3 Å². The number of halogens is 1. The average Bonchev–Trinajstić information content (AvgIpc) is 2.86. The van der Waals surface area contributed by atoms with E-state index in [4.69, 9.17) is 5.73 Å². The molecule has 1 amide bonds. The molecule has 0 spiro atoms. The first-order valence-corrected chi connectivity index (χ1v) is 11.4. The Bertz CT molecular complexity index is 923. The molecule has 4 rings (SSSR count). The van der Waals surface area contributed by atoms with Gasteiger partial charge in [0.25, 0.3) is 0 Å². The van der Waals surface area contributed by atoms with Crippen LogP contribution in [-0.4, -0.2) is 68.1 Å². The number of guanidine groups is 1. The Kier molecular flexibility index (Phi) is 9.16. The molecule has 2 saturated heterocycles. The summed E-state index contributed by atoms with van der Waals surface area (Å²) in [5.41, 5.74) is 7.89. The van der Waals surface area contributed by atoms with Gasteiger partial charge in [0.05, 0.1) is 0 Å². The maximum atomic E-state index is 11.5. The fourth-order valence-electron chi connectivity index (χ4n) is 4.55. The maximum absolute atomic E-state index is 11.5. The topological polar surface area (TPSA) is 90.1 Å². The number of aromatic nitrogens is 1. The lowest BCUT2D eigenvalue weighted by molar-refractivity contribution is -0.122. The molecular weight excluding hydrogens is 529 g/mol. The van der Waals surface area contributed by atoms with Crippen LogP contribution in [0.3, 0.4) is 0 Å². The zero-order valence-electron chi connectivity index (χ0n) is 19.2. The molecule has 178 valence electrons. The number of piperidine rings is 1. The van der Waals surface area contributed by atoms with E-state index in [0.29, 0.717) is 6.54 Å². The zero-order chi connectivity index (χ0) is 22.3. The summed E-state index contributed by atoms with van der Waals surface area (Å²) < 4.78 is 0. The molecule has 0 saturated carbocycles. The molecular formula is C24H34IN7O. The fraction of sp³-hybridized carbons (Fsp3) is 0.458. The van der Waals surface area contributed by atoms with E-state index in [0.717, 1.165) is 69.5 Å². The molecule has 0 radical (unpaired) electrons. The molecule has 33 heavy (non-hydrogen) atoms. The number of primary amides is 1. The number of nitrogens with two attached hydrogens (primary N) is 1. The molecule has 0 bridgehead atoms. The predicted octanol–water partition coefficient (Wildman–Crippen LogP) is 2.30. The number of para-hydroxylation sites is 1. The van der Waals surface area contributed by atoms with Gasteiger partial charge in [-0.3, -0.25) is 9.79 Å². The number of carbonyl (C=O) groups excluding carboxylic acids is 1. The Hall–Kier alpha value is -2.56. The highest BCUT2D eigenvalue weighted by atomic mass is 127. The third-order valence-corrected chi connectivity index (χ3v) is 6.41. The minimum Gasteiger partial charge on any atom is -0.369 e. The SMILES string of the molecule is CN=C(NCc1cccnc1N1CCC(C(N)=O)CC1)N1CCN(c2ccccc2)CC1.I. The summed E-state index contributed by atoms with van der Waals surface area (Å²) in [6, 6.07) is 14.6. The summed E-state index contributed by atoms with van der Waals surface area (Å²) in [7, 11) is 1.84. The second-order valence-electron chi connectivity index (χ2n) is 8.36. The highest BCUT2D eigenvalue weighted by Gasteiger charge is 2.25. The van der Waals surface area contributed by atoms with Gasteiger partial charge in [0.15, 0.2) is 5.96 Å². The fourth-order valence-corrected chi connectivity index (χ4v) is 4.55. The molecule has 9 heteroatoms. The molecule has 3 heterocycles. The molecule has 1 aromatic heterocycles. The molecule has 8 nitrogen and oxygen atoms in total. The van der Waals surface area contributed by atoms with Gasteiger partial charge >= 0.3 is 0 Å². The van der Waals surface area contributed by atoms with Crippen LogP contribution in [0.5, 0.6) is 0 Å². The van der Waals surface area contributed by atoms with Gasteiger partial charge in [-0.2, -0.15) is 0 Å². The standard InChI is InChI=1S/C24H33N7O.HI/c1-26-24(31-16-14-29(15-17-31)21-7-3-2-4-8-21)28-18-20-6-5-11-27-23(20)30-12-9-19(10-13-30)22(25)32;/h2-8,11,19H,9-10,12-18H2,1H3,(H2,25,32)(H,26,28);1H. The van der Waals surface area contributed by atoms with Crippen LogP contribution in [-0.2, 0) is 11.3 Å². The largest absolute Gasteiger partial charge is 0.369 e. The van der Waals surface area contributed by atoms with E-state index in [-0.39, 0.29) is 35.8 Å². The molecule has 0 atom stereocenters. The third-order valence-electron chi connectivity index (χ3n) is 6.41. The number of carbonyl (C=O) groups is 1. The molecule has 0 unspecified atom stereocenters. The van der Waals surface area contributed by atoms with Crippen molar-refractivity contribution in [2.24, 2.45) is 16.6 Å². The minimum absolute atomic E-state index is 0. The molecule has 0 aliphatic carbocycles. The van der Waals surface area contributed by atoms with Crippen molar-refractivity contribution < 1.29 is 4.79 Å². The van der Waals surface area contributed by atoms with Gasteiger partial charge in [-0.25, -0.2) is 4.98 Å². The van der Waals surface area contributed by atoms with Gasteiger partial charge in [0, 0.05) is 76.2 Å². The Morgan fingerprint density at radius 2 is 1.73 bits per heavy atom. The highest BCUT2D eigenvalue weighted by molar-refractivity contribution is 14.0. The summed E-state index contributed by atoms with van der Waals surface area (Å²) in [5.74, 6) is 1.68. The first-order chi connectivity index (χ1) is 15.7. The summed E-state index contributed by atoms with van der Waals surface area (Å²) in [6.45, 7) is 6.05.